The smallest absolute Gasteiger partial charge is 0.309 e. The third-order valence-corrected chi connectivity index (χ3v) is 3.16. The van der Waals surface area contributed by atoms with Gasteiger partial charge in [-0.3, -0.25) is 4.79 Å². The minimum absolute atomic E-state index is 0. The summed E-state index contributed by atoms with van der Waals surface area (Å²) in [6.45, 7) is 6.11. The van der Waals surface area contributed by atoms with Crippen LogP contribution in [0.1, 0.15) is 38.8 Å². The first kappa shape index (κ1) is 20.4. The lowest BCUT2D eigenvalue weighted by atomic mass is 10.2. The van der Waals surface area contributed by atoms with Gasteiger partial charge in [-0.2, -0.15) is 27.0 Å². The Bertz CT molecular complexity index is 485. The first-order chi connectivity index (χ1) is 9.02. The molecular weight excluding hydrogens is 330 g/mol. The van der Waals surface area contributed by atoms with Gasteiger partial charge in [0.1, 0.15) is 10.9 Å². The second-order valence-electron chi connectivity index (χ2n) is 4.88. The summed E-state index contributed by atoms with van der Waals surface area (Å²) in [7, 11) is 0. The summed E-state index contributed by atoms with van der Waals surface area (Å²) in [6.07, 6.45) is 0.808. The van der Waals surface area contributed by atoms with Crippen molar-refractivity contribution in [2.45, 2.75) is 39.2 Å². The molecule has 4 nitrogen and oxygen atoms in total. The van der Waals surface area contributed by atoms with Crippen molar-refractivity contribution in [3.05, 3.63) is 23.0 Å². The summed E-state index contributed by atoms with van der Waals surface area (Å²) in [5.74, 6) is 0.493. The fourth-order valence-electron chi connectivity index (χ4n) is 2.06. The molecule has 0 aromatic carbocycles. The van der Waals surface area contributed by atoms with Crippen molar-refractivity contribution < 1.29 is 14.3 Å². The van der Waals surface area contributed by atoms with Crippen LogP contribution in [0.2, 0.25) is 5.15 Å². The molecule has 2 atom stereocenters. The van der Waals surface area contributed by atoms with Crippen LogP contribution in [0, 0.1) is 5.92 Å². The maximum atomic E-state index is 11.7. The average molecular weight is 352 g/mol. The molecule has 21 heavy (non-hydrogen) atoms. The highest BCUT2D eigenvalue weighted by Crippen LogP contribution is 2.50. The molecule has 0 saturated heterocycles. The van der Waals surface area contributed by atoms with E-state index in [4.69, 9.17) is 21.1 Å². The van der Waals surface area contributed by atoms with E-state index in [1.54, 1.807) is 13.0 Å². The van der Waals surface area contributed by atoms with Crippen molar-refractivity contribution in [2.24, 2.45) is 5.92 Å². The number of nitrogens with zero attached hydrogens (tertiary/aromatic N) is 1. The zero-order valence-corrected chi connectivity index (χ0v) is 15.1. The Labute approximate surface area is 144 Å². The van der Waals surface area contributed by atoms with Gasteiger partial charge in [0.15, 0.2) is 0 Å². The number of halogens is 1. The van der Waals surface area contributed by atoms with Crippen molar-refractivity contribution in [1.29, 1.82) is 0 Å². The molecule has 1 fully saturated rings. The highest BCUT2D eigenvalue weighted by Gasteiger charge is 2.47. The SMILES string of the molecule is CCOC(=O)[C@H]1C[C@@H]1c1nc(Cl)ccc1OC(C)C.S.S. The van der Waals surface area contributed by atoms with Crippen LogP contribution in [0.25, 0.3) is 0 Å². The van der Waals surface area contributed by atoms with Gasteiger partial charge in [-0.15, -0.1) is 0 Å². The molecule has 1 aromatic heterocycles. The van der Waals surface area contributed by atoms with Crippen LogP contribution in [0.15, 0.2) is 12.1 Å². The summed E-state index contributed by atoms with van der Waals surface area (Å²) in [5.41, 5.74) is 0.763. The summed E-state index contributed by atoms with van der Waals surface area (Å²) in [4.78, 5) is 16.0. The number of hydrogen-bond donors (Lipinski definition) is 0. The number of pyridine rings is 1. The first-order valence-electron chi connectivity index (χ1n) is 6.52. The van der Waals surface area contributed by atoms with E-state index in [2.05, 4.69) is 4.98 Å². The molecule has 1 aromatic rings. The Balaban J connectivity index is 0.00000200. The molecular formula is C14H22ClNO3S2. The zero-order chi connectivity index (χ0) is 14.0. The topological polar surface area (TPSA) is 48.4 Å². The Morgan fingerprint density at radius 3 is 2.67 bits per heavy atom. The molecule has 0 amide bonds. The van der Waals surface area contributed by atoms with E-state index >= 15 is 0 Å². The fraction of sp³-hybridized carbons (Fsp3) is 0.571. The van der Waals surface area contributed by atoms with Crippen LogP contribution < -0.4 is 4.74 Å². The van der Waals surface area contributed by atoms with Crippen LogP contribution in [0.3, 0.4) is 0 Å². The highest BCUT2D eigenvalue weighted by molar-refractivity contribution is 7.59. The minimum Gasteiger partial charge on any atom is -0.489 e. The molecule has 0 unspecified atom stereocenters. The second-order valence-corrected chi connectivity index (χ2v) is 5.27. The molecule has 1 aliphatic carbocycles. The molecule has 0 spiro atoms. The number of carbonyl (C=O) groups excluding carboxylic acids is 1. The van der Waals surface area contributed by atoms with E-state index < -0.39 is 0 Å². The highest BCUT2D eigenvalue weighted by atomic mass is 35.5. The molecule has 0 bridgehead atoms. The van der Waals surface area contributed by atoms with Gasteiger partial charge in [-0.25, -0.2) is 4.98 Å². The lowest BCUT2D eigenvalue weighted by molar-refractivity contribution is -0.144. The number of rotatable bonds is 5. The Morgan fingerprint density at radius 1 is 1.43 bits per heavy atom. The maximum Gasteiger partial charge on any atom is 0.309 e. The second kappa shape index (κ2) is 8.76. The molecule has 120 valence electrons. The fourth-order valence-corrected chi connectivity index (χ4v) is 2.22. The predicted octanol–water partition coefficient (Wildman–Crippen LogP) is 3.41. The quantitative estimate of drug-likeness (QED) is 0.602. The van der Waals surface area contributed by atoms with E-state index in [0.717, 1.165) is 12.1 Å². The summed E-state index contributed by atoms with van der Waals surface area (Å²) in [5, 5.41) is 0.417. The predicted molar refractivity (Wildman–Crippen MR) is 93.3 cm³/mol. The molecule has 0 N–H and O–H groups in total. The maximum absolute atomic E-state index is 11.7. The van der Waals surface area contributed by atoms with Gasteiger partial charge in [-0.1, -0.05) is 11.6 Å². The lowest BCUT2D eigenvalue weighted by Crippen LogP contribution is -2.10. The number of esters is 1. The normalized spacial score (nSPS) is 19.3. The average Bonchev–Trinajstić information content (AvgIpc) is 3.11. The standard InChI is InChI=1S/C14H18ClNO3.2H2S/c1-4-18-14(17)10-7-9(10)13-11(19-8(2)3)5-6-12(15)16-13;;/h5-6,8-10H,4,7H2,1-3H3;2*1H2/t9-,10-;;/m0../s1. The molecule has 7 heteroatoms. The number of aromatic nitrogens is 1. The third kappa shape index (κ3) is 5.27. The van der Waals surface area contributed by atoms with E-state index in [9.17, 15) is 4.79 Å². The van der Waals surface area contributed by atoms with Gasteiger partial charge in [0, 0.05) is 5.92 Å². The molecule has 1 saturated carbocycles. The van der Waals surface area contributed by atoms with Crippen molar-refractivity contribution in [2.75, 3.05) is 6.61 Å². The Morgan fingerprint density at radius 2 is 2.10 bits per heavy atom. The van der Waals surface area contributed by atoms with E-state index in [0.29, 0.717) is 17.5 Å². The number of ether oxygens (including phenoxy) is 2. The van der Waals surface area contributed by atoms with Crippen molar-refractivity contribution in [3.63, 3.8) is 0 Å². The van der Waals surface area contributed by atoms with Crippen LogP contribution in [-0.2, 0) is 9.53 Å². The van der Waals surface area contributed by atoms with E-state index in [1.807, 2.05) is 19.9 Å². The van der Waals surface area contributed by atoms with Gasteiger partial charge in [0.25, 0.3) is 0 Å². The molecule has 0 radical (unpaired) electrons. The molecule has 0 aliphatic heterocycles. The van der Waals surface area contributed by atoms with Crippen molar-refractivity contribution >= 4 is 44.6 Å². The largest absolute Gasteiger partial charge is 0.489 e. The van der Waals surface area contributed by atoms with Gasteiger partial charge < -0.3 is 9.47 Å². The zero-order valence-electron chi connectivity index (χ0n) is 12.4. The molecule has 1 aliphatic rings. The summed E-state index contributed by atoms with van der Waals surface area (Å²) < 4.78 is 10.7. The van der Waals surface area contributed by atoms with Gasteiger partial charge in [0.05, 0.1) is 24.3 Å². The van der Waals surface area contributed by atoms with Crippen molar-refractivity contribution in [1.82, 2.24) is 4.98 Å². The van der Waals surface area contributed by atoms with Crippen LogP contribution in [0.5, 0.6) is 5.75 Å². The number of hydrogen-bond acceptors (Lipinski definition) is 4. The monoisotopic (exact) mass is 351 g/mol. The minimum atomic E-state index is -0.162. The first-order valence-corrected chi connectivity index (χ1v) is 6.90. The Kier molecular flexibility index (Phi) is 8.51. The van der Waals surface area contributed by atoms with Crippen molar-refractivity contribution in [3.8, 4) is 5.75 Å². The Hall–Kier alpha value is -0.590. The molecule has 1 heterocycles. The van der Waals surface area contributed by atoms with Crippen LogP contribution >= 0.6 is 38.6 Å². The summed E-state index contributed by atoms with van der Waals surface area (Å²) >= 11 is 5.93. The van der Waals surface area contributed by atoms with Crippen LogP contribution in [-0.4, -0.2) is 23.7 Å². The van der Waals surface area contributed by atoms with Gasteiger partial charge in [-0.05, 0) is 39.3 Å². The van der Waals surface area contributed by atoms with Crippen LogP contribution in [0.4, 0.5) is 0 Å². The molecule has 2 rings (SSSR count). The third-order valence-electron chi connectivity index (χ3n) is 2.95. The van der Waals surface area contributed by atoms with E-state index in [-0.39, 0.29) is 50.9 Å². The summed E-state index contributed by atoms with van der Waals surface area (Å²) in [6, 6.07) is 3.51. The number of carbonyl (C=O) groups is 1. The lowest BCUT2D eigenvalue weighted by Gasteiger charge is -2.13. The van der Waals surface area contributed by atoms with Gasteiger partial charge in [0.2, 0.25) is 0 Å². The van der Waals surface area contributed by atoms with Gasteiger partial charge >= 0.3 is 5.97 Å². The van der Waals surface area contributed by atoms with E-state index in [1.165, 1.54) is 0 Å².